The number of nitrogens with one attached hydrogen (secondary N) is 2. The standard InChI is InChI=1S/C13H19N5/c1-9-5-16-17-13(9)11-3-4-18(6-11)7-12-10(2)14-8-15-12/h5,8,11H,3-4,6-7H2,1-2H3,(H,14,15)(H,16,17)/t11-/m0/s1. The molecule has 0 aromatic carbocycles. The predicted molar refractivity (Wildman–Crippen MR) is 69.3 cm³/mol. The Morgan fingerprint density at radius 1 is 1.44 bits per heavy atom. The average molecular weight is 245 g/mol. The number of rotatable bonds is 3. The Labute approximate surface area is 107 Å². The lowest BCUT2D eigenvalue weighted by molar-refractivity contribution is 0.322. The van der Waals surface area contributed by atoms with Gasteiger partial charge < -0.3 is 4.98 Å². The van der Waals surface area contributed by atoms with E-state index in [4.69, 9.17) is 0 Å². The van der Waals surface area contributed by atoms with Crippen LogP contribution in [0.4, 0.5) is 0 Å². The van der Waals surface area contributed by atoms with E-state index < -0.39 is 0 Å². The smallest absolute Gasteiger partial charge is 0.0925 e. The van der Waals surface area contributed by atoms with Crippen LogP contribution in [-0.4, -0.2) is 38.2 Å². The molecular weight excluding hydrogens is 226 g/mol. The SMILES string of the molecule is Cc1cn[nH]c1[C@H]1CCN(Cc2nc[nH]c2C)C1. The highest BCUT2D eigenvalue weighted by Crippen LogP contribution is 2.28. The van der Waals surface area contributed by atoms with E-state index in [1.807, 2.05) is 6.20 Å². The summed E-state index contributed by atoms with van der Waals surface area (Å²) in [5, 5.41) is 7.26. The molecule has 1 aliphatic rings. The number of H-pyrrole nitrogens is 2. The van der Waals surface area contributed by atoms with E-state index in [-0.39, 0.29) is 0 Å². The van der Waals surface area contributed by atoms with Crippen LogP contribution in [0.1, 0.15) is 35.0 Å². The summed E-state index contributed by atoms with van der Waals surface area (Å²) < 4.78 is 0. The molecule has 5 nitrogen and oxygen atoms in total. The van der Waals surface area contributed by atoms with Gasteiger partial charge in [0, 0.05) is 30.4 Å². The van der Waals surface area contributed by atoms with Crippen LogP contribution < -0.4 is 0 Å². The maximum Gasteiger partial charge on any atom is 0.0925 e. The van der Waals surface area contributed by atoms with Crippen LogP contribution in [0.25, 0.3) is 0 Å². The normalized spacial score (nSPS) is 20.7. The number of nitrogens with zero attached hydrogens (tertiary/aromatic N) is 3. The van der Waals surface area contributed by atoms with Crippen LogP contribution in [0.3, 0.4) is 0 Å². The molecule has 3 rings (SSSR count). The van der Waals surface area contributed by atoms with E-state index in [9.17, 15) is 0 Å². The lowest BCUT2D eigenvalue weighted by Crippen LogP contribution is -2.20. The maximum atomic E-state index is 4.37. The highest BCUT2D eigenvalue weighted by molar-refractivity contribution is 5.20. The van der Waals surface area contributed by atoms with Gasteiger partial charge in [0.25, 0.3) is 0 Å². The summed E-state index contributed by atoms with van der Waals surface area (Å²) >= 11 is 0. The highest BCUT2D eigenvalue weighted by atomic mass is 15.2. The first-order valence-corrected chi connectivity index (χ1v) is 6.45. The first-order chi connectivity index (χ1) is 8.74. The van der Waals surface area contributed by atoms with Gasteiger partial charge >= 0.3 is 0 Å². The van der Waals surface area contributed by atoms with Gasteiger partial charge in [-0.05, 0) is 32.4 Å². The molecule has 1 aliphatic heterocycles. The third-order valence-corrected chi connectivity index (χ3v) is 3.86. The van der Waals surface area contributed by atoms with E-state index in [1.54, 1.807) is 6.33 Å². The van der Waals surface area contributed by atoms with Crippen molar-refractivity contribution in [1.82, 2.24) is 25.1 Å². The molecule has 0 saturated carbocycles. The van der Waals surface area contributed by atoms with Crippen molar-refractivity contribution >= 4 is 0 Å². The lowest BCUT2D eigenvalue weighted by Gasteiger charge is -2.15. The molecule has 2 N–H and O–H groups in total. The van der Waals surface area contributed by atoms with Gasteiger partial charge in [0.2, 0.25) is 0 Å². The minimum absolute atomic E-state index is 0.590. The third-order valence-electron chi connectivity index (χ3n) is 3.86. The molecule has 0 amide bonds. The van der Waals surface area contributed by atoms with Crippen molar-refractivity contribution in [1.29, 1.82) is 0 Å². The molecule has 2 aromatic rings. The topological polar surface area (TPSA) is 60.6 Å². The zero-order valence-corrected chi connectivity index (χ0v) is 10.9. The van der Waals surface area contributed by atoms with Crippen LogP contribution in [0, 0.1) is 13.8 Å². The molecule has 1 saturated heterocycles. The van der Waals surface area contributed by atoms with Crippen LogP contribution in [0.2, 0.25) is 0 Å². The second-order valence-corrected chi connectivity index (χ2v) is 5.16. The summed E-state index contributed by atoms with van der Waals surface area (Å²) in [4.78, 5) is 9.97. The van der Waals surface area contributed by atoms with E-state index >= 15 is 0 Å². The minimum Gasteiger partial charge on any atom is -0.348 e. The monoisotopic (exact) mass is 245 g/mol. The first-order valence-electron chi connectivity index (χ1n) is 6.45. The van der Waals surface area contributed by atoms with Crippen molar-refractivity contribution in [3.63, 3.8) is 0 Å². The number of aromatic nitrogens is 4. The Morgan fingerprint density at radius 2 is 2.33 bits per heavy atom. The molecule has 0 aliphatic carbocycles. The van der Waals surface area contributed by atoms with Gasteiger partial charge in [0.05, 0.1) is 18.2 Å². The molecular formula is C13H19N5. The van der Waals surface area contributed by atoms with Crippen molar-refractivity contribution in [2.45, 2.75) is 32.7 Å². The summed E-state index contributed by atoms with van der Waals surface area (Å²) in [7, 11) is 0. The number of aromatic amines is 2. The van der Waals surface area contributed by atoms with Gasteiger partial charge in [-0.25, -0.2) is 4.98 Å². The summed E-state index contributed by atoms with van der Waals surface area (Å²) in [5.41, 5.74) is 4.92. The van der Waals surface area contributed by atoms with Crippen molar-refractivity contribution in [2.24, 2.45) is 0 Å². The lowest BCUT2D eigenvalue weighted by atomic mass is 10.0. The minimum atomic E-state index is 0.590. The van der Waals surface area contributed by atoms with Crippen LogP contribution >= 0.6 is 0 Å². The largest absolute Gasteiger partial charge is 0.348 e. The van der Waals surface area contributed by atoms with Crippen LogP contribution in [-0.2, 0) is 6.54 Å². The summed E-state index contributed by atoms with van der Waals surface area (Å²) in [6.45, 7) is 7.37. The molecule has 0 bridgehead atoms. The second kappa shape index (κ2) is 4.57. The summed E-state index contributed by atoms with van der Waals surface area (Å²) in [6.07, 6.45) is 4.89. The Kier molecular flexibility index (Phi) is 2.91. The van der Waals surface area contributed by atoms with Crippen LogP contribution in [0.5, 0.6) is 0 Å². The van der Waals surface area contributed by atoms with E-state index in [2.05, 4.69) is 38.9 Å². The number of imidazole rings is 1. The molecule has 0 spiro atoms. The highest BCUT2D eigenvalue weighted by Gasteiger charge is 2.26. The summed E-state index contributed by atoms with van der Waals surface area (Å²) in [5.74, 6) is 0.590. The fourth-order valence-corrected chi connectivity index (χ4v) is 2.74. The summed E-state index contributed by atoms with van der Waals surface area (Å²) in [6, 6.07) is 0. The van der Waals surface area contributed by atoms with Crippen molar-refractivity contribution in [3.05, 3.63) is 35.2 Å². The zero-order chi connectivity index (χ0) is 12.5. The molecule has 2 aromatic heterocycles. The molecule has 96 valence electrons. The Hall–Kier alpha value is -1.62. The Morgan fingerprint density at radius 3 is 3.00 bits per heavy atom. The number of hydrogen-bond acceptors (Lipinski definition) is 3. The van der Waals surface area contributed by atoms with E-state index in [0.29, 0.717) is 5.92 Å². The number of hydrogen-bond donors (Lipinski definition) is 2. The van der Waals surface area contributed by atoms with Gasteiger partial charge in [-0.2, -0.15) is 5.10 Å². The zero-order valence-electron chi connectivity index (χ0n) is 10.9. The maximum absolute atomic E-state index is 4.37. The molecule has 0 radical (unpaired) electrons. The molecule has 0 unspecified atom stereocenters. The van der Waals surface area contributed by atoms with Gasteiger partial charge in [-0.1, -0.05) is 0 Å². The van der Waals surface area contributed by atoms with Gasteiger partial charge in [-0.15, -0.1) is 0 Å². The molecule has 18 heavy (non-hydrogen) atoms. The molecule has 1 fully saturated rings. The van der Waals surface area contributed by atoms with E-state index in [1.165, 1.54) is 23.4 Å². The van der Waals surface area contributed by atoms with Crippen molar-refractivity contribution in [2.75, 3.05) is 13.1 Å². The van der Waals surface area contributed by atoms with Gasteiger partial charge in [0.15, 0.2) is 0 Å². The fraction of sp³-hybridized carbons (Fsp3) is 0.538. The number of aryl methyl sites for hydroxylation is 2. The third kappa shape index (κ3) is 2.06. The Bertz CT molecular complexity index is 527. The fourth-order valence-electron chi connectivity index (χ4n) is 2.74. The van der Waals surface area contributed by atoms with E-state index in [0.717, 1.165) is 25.3 Å². The predicted octanol–water partition coefficient (Wildman–Crippen LogP) is 1.74. The molecule has 3 heterocycles. The van der Waals surface area contributed by atoms with Gasteiger partial charge in [-0.3, -0.25) is 10.00 Å². The van der Waals surface area contributed by atoms with Crippen LogP contribution in [0.15, 0.2) is 12.5 Å². The first kappa shape index (κ1) is 11.5. The molecule has 5 heteroatoms. The van der Waals surface area contributed by atoms with Gasteiger partial charge in [0.1, 0.15) is 0 Å². The Balaban J connectivity index is 1.66. The molecule has 1 atom stereocenters. The van der Waals surface area contributed by atoms with Crippen molar-refractivity contribution in [3.8, 4) is 0 Å². The second-order valence-electron chi connectivity index (χ2n) is 5.16. The quantitative estimate of drug-likeness (QED) is 0.866. The number of likely N-dealkylation sites (tertiary alicyclic amines) is 1. The van der Waals surface area contributed by atoms with Crippen molar-refractivity contribution < 1.29 is 0 Å². The average Bonchev–Trinajstić information content (AvgIpc) is 3.03.